The highest BCUT2D eigenvalue weighted by Gasteiger charge is 2.31. The van der Waals surface area contributed by atoms with Gasteiger partial charge in [0, 0.05) is 37.8 Å². The van der Waals surface area contributed by atoms with Gasteiger partial charge in [0.05, 0.1) is 23.9 Å². The Labute approximate surface area is 213 Å². The van der Waals surface area contributed by atoms with Crippen LogP contribution in [0.5, 0.6) is 0 Å². The minimum absolute atomic E-state index is 0.0957. The van der Waals surface area contributed by atoms with Crippen LogP contribution < -0.4 is 5.32 Å². The van der Waals surface area contributed by atoms with Crippen LogP contribution in [0.1, 0.15) is 24.8 Å². The van der Waals surface area contributed by atoms with Crippen LogP contribution in [0, 0.1) is 5.92 Å². The molecule has 11 heteroatoms. The van der Waals surface area contributed by atoms with Gasteiger partial charge in [-0.2, -0.15) is 4.31 Å². The quantitative estimate of drug-likeness (QED) is 0.527. The summed E-state index contributed by atoms with van der Waals surface area (Å²) in [7, 11) is -6.95. The summed E-state index contributed by atoms with van der Waals surface area (Å²) in [5.74, 6) is -0.379. The van der Waals surface area contributed by atoms with Crippen molar-refractivity contribution in [2.75, 3.05) is 50.5 Å². The van der Waals surface area contributed by atoms with Gasteiger partial charge in [0.2, 0.25) is 26.0 Å². The Kier molecular flexibility index (Phi) is 8.78. The number of carbonyl (C=O) groups is 1. The van der Waals surface area contributed by atoms with Crippen LogP contribution in [0.15, 0.2) is 59.5 Å². The molecule has 4 rings (SSSR count). The van der Waals surface area contributed by atoms with Crippen molar-refractivity contribution in [2.45, 2.75) is 30.6 Å². The molecule has 0 atom stereocenters. The molecule has 36 heavy (non-hydrogen) atoms. The number of nitrogens with zero attached hydrogens (tertiary/aromatic N) is 2. The van der Waals surface area contributed by atoms with E-state index in [4.69, 9.17) is 4.74 Å². The summed E-state index contributed by atoms with van der Waals surface area (Å²) in [5.41, 5.74) is 1.63. The van der Waals surface area contributed by atoms with Crippen LogP contribution in [-0.2, 0) is 36.0 Å². The Morgan fingerprint density at radius 1 is 0.861 bits per heavy atom. The molecule has 0 aliphatic carbocycles. The van der Waals surface area contributed by atoms with Crippen molar-refractivity contribution < 1.29 is 26.4 Å². The van der Waals surface area contributed by atoms with E-state index < -0.39 is 20.0 Å². The molecule has 0 saturated carbocycles. The molecule has 0 bridgehead atoms. The highest BCUT2D eigenvalue weighted by atomic mass is 32.2. The Balaban J connectivity index is 1.25. The van der Waals surface area contributed by atoms with Gasteiger partial charge in [-0.3, -0.25) is 4.79 Å². The van der Waals surface area contributed by atoms with E-state index in [-0.39, 0.29) is 22.5 Å². The van der Waals surface area contributed by atoms with Crippen LogP contribution in [0.3, 0.4) is 0 Å². The number of piperidine rings is 1. The molecule has 0 spiro atoms. The fourth-order valence-corrected chi connectivity index (χ4v) is 7.46. The number of anilines is 1. The first-order chi connectivity index (χ1) is 17.3. The lowest BCUT2D eigenvalue weighted by atomic mass is 9.97. The normalized spacial score (nSPS) is 18.7. The van der Waals surface area contributed by atoms with E-state index in [1.165, 1.54) is 20.7 Å². The third-order valence-corrected chi connectivity index (χ3v) is 10.5. The zero-order valence-corrected chi connectivity index (χ0v) is 21.8. The summed E-state index contributed by atoms with van der Waals surface area (Å²) < 4.78 is 59.1. The zero-order valence-electron chi connectivity index (χ0n) is 20.2. The van der Waals surface area contributed by atoms with Gasteiger partial charge >= 0.3 is 0 Å². The Hall–Kier alpha value is -2.31. The third-order valence-electron chi connectivity index (χ3n) is 6.66. The van der Waals surface area contributed by atoms with Gasteiger partial charge < -0.3 is 10.1 Å². The van der Waals surface area contributed by atoms with Crippen molar-refractivity contribution >= 4 is 31.6 Å². The molecule has 2 heterocycles. The molecular weight excluding hydrogens is 502 g/mol. The molecule has 2 aliphatic rings. The highest BCUT2D eigenvalue weighted by molar-refractivity contribution is 7.89. The van der Waals surface area contributed by atoms with Crippen molar-refractivity contribution in [1.82, 2.24) is 8.61 Å². The molecule has 2 fully saturated rings. The van der Waals surface area contributed by atoms with Gasteiger partial charge in [-0.25, -0.2) is 21.1 Å². The molecule has 0 unspecified atom stereocenters. The van der Waals surface area contributed by atoms with Crippen LogP contribution in [0.2, 0.25) is 0 Å². The second-order valence-corrected chi connectivity index (χ2v) is 13.1. The van der Waals surface area contributed by atoms with E-state index in [1.54, 1.807) is 12.1 Å². The van der Waals surface area contributed by atoms with E-state index in [9.17, 15) is 21.6 Å². The SMILES string of the molecule is O=C(Nc1ccc(S(=O)(=O)N2CCOCC2)cc1)C1CCN(S(=O)(=O)CCCc2ccccc2)CC1. The van der Waals surface area contributed by atoms with E-state index in [1.807, 2.05) is 30.3 Å². The van der Waals surface area contributed by atoms with E-state index in [0.717, 1.165) is 5.56 Å². The average Bonchev–Trinajstić information content (AvgIpc) is 2.90. The number of ether oxygens (including phenoxy) is 1. The Bertz CT molecular complexity index is 1220. The monoisotopic (exact) mass is 535 g/mol. The molecule has 0 aromatic heterocycles. The van der Waals surface area contributed by atoms with Crippen LogP contribution in [0.4, 0.5) is 5.69 Å². The van der Waals surface area contributed by atoms with E-state index >= 15 is 0 Å². The lowest BCUT2D eigenvalue weighted by Crippen LogP contribution is -2.42. The summed E-state index contributed by atoms with van der Waals surface area (Å²) in [6.07, 6.45) is 2.18. The first-order valence-corrected chi connectivity index (χ1v) is 15.3. The number of nitrogens with one attached hydrogen (secondary N) is 1. The molecular formula is C25H33N3O6S2. The van der Waals surface area contributed by atoms with Gasteiger partial charge in [-0.05, 0) is 55.5 Å². The van der Waals surface area contributed by atoms with E-state index in [0.29, 0.717) is 70.8 Å². The minimum atomic E-state index is -3.59. The Morgan fingerprint density at radius 3 is 2.14 bits per heavy atom. The summed E-state index contributed by atoms with van der Waals surface area (Å²) in [6, 6.07) is 16.0. The standard InChI is InChI=1S/C25H33N3O6S2/c29-25(26-23-8-10-24(11-9-23)36(32,33)28-16-18-34-19-17-28)22-12-14-27(15-13-22)35(30,31)20-4-7-21-5-2-1-3-6-21/h1-3,5-6,8-11,22H,4,7,12-20H2,(H,26,29). The smallest absolute Gasteiger partial charge is 0.243 e. The molecule has 1 N–H and O–H groups in total. The number of morpholine rings is 1. The average molecular weight is 536 g/mol. The molecule has 9 nitrogen and oxygen atoms in total. The molecule has 2 saturated heterocycles. The zero-order chi connectivity index (χ0) is 25.6. The number of benzene rings is 2. The maximum Gasteiger partial charge on any atom is 0.243 e. The molecule has 2 aliphatic heterocycles. The summed E-state index contributed by atoms with van der Waals surface area (Å²) in [5, 5.41) is 2.84. The first-order valence-electron chi connectivity index (χ1n) is 12.3. The lowest BCUT2D eigenvalue weighted by Gasteiger charge is -2.30. The van der Waals surface area contributed by atoms with Gasteiger partial charge in [-0.15, -0.1) is 0 Å². The molecule has 2 aromatic carbocycles. The number of carbonyl (C=O) groups excluding carboxylic acids is 1. The first kappa shape index (κ1) is 26.7. The number of hydrogen-bond donors (Lipinski definition) is 1. The van der Waals surface area contributed by atoms with Gasteiger partial charge in [-0.1, -0.05) is 30.3 Å². The second-order valence-electron chi connectivity index (χ2n) is 9.11. The lowest BCUT2D eigenvalue weighted by molar-refractivity contribution is -0.120. The van der Waals surface area contributed by atoms with E-state index in [2.05, 4.69) is 5.32 Å². The van der Waals surface area contributed by atoms with Crippen molar-refractivity contribution in [2.24, 2.45) is 5.92 Å². The molecule has 0 radical (unpaired) electrons. The van der Waals surface area contributed by atoms with Crippen LogP contribution in [0.25, 0.3) is 0 Å². The second kappa shape index (κ2) is 11.8. The number of hydrogen-bond acceptors (Lipinski definition) is 6. The molecule has 2 aromatic rings. The number of rotatable bonds is 9. The van der Waals surface area contributed by atoms with Gasteiger partial charge in [0.25, 0.3) is 0 Å². The fourth-order valence-electron chi connectivity index (χ4n) is 4.52. The molecule has 196 valence electrons. The topological polar surface area (TPSA) is 113 Å². The Morgan fingerprint density at radius 2 is 1.50 bits per heavy atom. The van der Waals surface area contributed by atoms with Gasteiger partial charge in [0.15, 0.2) is 0 Å². The predicted octanol–water partition coefficient (Wildman–Crippen LogP) is 2.32. The minimum Gasteiger partial charge on any atom is -0.379 e. The highest BCUT2D eigenvalue weighted by Crippen LogP contribution is 2.24. The fraction of sp³-hybridized carbons (Fsp3) is 0.480. The van der Waals surface area contributed by atoms with Crippen LogP contribution >= 0.6 is 0 Å². The largest absolute Gasteiger partial charge is 0.379 e. The van der Waals surface area contributed by atoms with Crippen molar-refractivity contribution in [3.05, 3.63) is 60.2 Å². The molecule has 1 amide bonds. The maximum atomic E-state index is 12.8. The van der Waals surface area contributed by atoms with Gasteiger partial charge in [0.1, 0.15) is 0 Å². The van der Waals surface area contributed by atoms with Crippen molar-refractivity contribution in [3.8, 4) is 0 Å². The number of sulfonamides is 2. The van der Waals surface area contributed by atoms with Crippen LogP contribution in [-0.4, -0.2) is 76.5 Å². The predicted molar refractivity (Wildman–Crippen MR) is 137 cm³/mol. The summed E-state index contributed by atoms with van der Waals surface area (Å²) in [4.78, 5) is 12.9. The number of aryl methyl sites for hydroxylation is 1. The van der Waals surface area contributed by atoms with Crippen molar-refractivity contribution in [1.29, 1.82) is 0 Å². The number of amides is 1. The van der Waals surface area contributed by atoms with Crippen molar-refractivity contribution in [3.63, 3.8) is 0 Å². The summed E-state index contributed by atoms with van der Waals surface area (Å²) >= 11 is 0. The maximum absolute atomic E-state index is 12.8. The summed E-state index contributed by atoms with van der Waals surface area (Å²) in [6.45, 7) is 2.04. The third kappa shape index (κ3) is 6.71.